The molecule has 0 aromatic heterocycles. The standard InChI is InChI=1S/C14H20N2O3/c1-10(9-12(15)14(18)19)13(17)16-8-7-11-5-3-2-4-6-11/h2-6,10,12H,7-9,15H2,1H3,(H,16,17)(H,18,19)/t10?,12-/m0/s1. The molecule has 0 aliphatic rings. The van der Waals surface area contributed by atoms with E-state index >= 15 is 0 Å². The quantitative estimate of drug-likeness (QED) is 0.678. The lowest BCUT2D eigenvalue weighted by atomic mass is 10.0. The number of hydrogen-bond acceptors (Lipinski definition) is 3. The molecule has 0 heterocycles. The highest BCUT2D eigenvalue weighted by molar-refractivity contribution is 5.80. The molecule has 5 heteroatoms. The number of carbonyl (C=O) groups is 2. The second kappa shape index (κ2) is 7.53. The number of carboxylic acids is 1. The Bertz CT molecular complexity index is 420. The Morgan fingerprint density at radius 1 is 1.32 bits per heavy atom. The fraction of sp³-hybridized carbons (Fsp3) is 0.429. The Kier molecular flexibility index (Phi) is 6.02. The third kappa shape index (κ3) is 5.52. The number of benzene rings is 1. The summed E-state index contributed by atoms with van der Waals surface area (Å²) >= 11 is 0. The van der Waals surface area contributed by atoms with Crippen LogP contribution in [0, 0.1) is 5.92 Å². The van der Waals surface area contributed by atoms with Crippen molar-refractivity contribution in [3.63, 3.8) is 0 Å². The number of nitrogens with two attached hydrogens (primary N) is 1. The second-order valence-electron chi connectivity index (χ2n) is 4.61. The summed E-state index contributed by atoms with van der Waals surface area (Å²) in [5.74, 6) is -1.64. The van der Waals surface area contributed by atoms with Crippen molar-refractivity contribution in [3.05, 3.63) is 35.9 Å². The van der Waals surface area contributed by atoms with E-state index in [2.05, 4.69) is 5.32 Å². The van der Waals surface area contributed by atoms with E-state index in [1.54, 1.807) is 6.92 Å². The normalized spacial score (nSPS) is 13.6. The van der Waals surface area contributed by atoms with Crippen molar-refractivity contribution in [2.75, 3.05) is 6.54 Å². The van der Waals surface area contributed by atoms with Gasteiger partial charge in [-0.1, -0.05) is 37.3 Å². The largest absolute Gasteiger partial charge is 0.480 e. The zero-order valence-corrected chi connectivity index (χ0v) is 11.0. The Morgan fingerprint density at radius 2 is 1.95 bits per heavy atom. The van der Waals surface area contributed by atoms with Gasteiger partial charge in [-0.3, -0.25) is 9.59 Å². The second-order valence-corrected chi connectivity index (χ2v) is 4.61. The van der Waals surface area contributed by atoms with Gasteiger partial charge in [0.05, 0.1) is 0 Å². The van der Waals surface area contributed by atoms with E-state index in [9.17, 15) is 9.59 Å². The molecule has 0 saturated carbocycles. The minimum absolute atomic E-state index is 0.145. The van der Waals surface area contributed by atoms with E-state index in [0.29, 0.717) is 6.54 Å². The van der Waals surface area contributed by atoms with Gasteiger partial charge < -0.3 is 16.2 Å². The molecule has 0 fully saturated rings. The molecule has 1 amide bonds. The van der Waals surface area contributed by atoms with Crippen molar-refractivity contribution in [3.8, 4) is 0 Å². The SMILES string of the molecule is CC(C[C@H](N)C(=O)O)C(=O)NCCc1ccccc1. The van der Waals surface area contributed by atoms with E-state index in [-0.39, 0.29) is 12.3 Å². The van der Waals surface area contributed by atoms with E-state index in [1.165, 1.54) is 0 Å². The van der Waals surface area contributed by atoms with Gasteiger partial charge in [-0.2, -0.15) is 0 Å². The highest BCUT2D eigenvalue weighted by Crippen LogP contribution is 2.05. The molecule has 19 heavy (non-hydrogen) atoms. The summed E-state index contributed by atoms with van der Waals surface area (Å²) in [6.07, 6.45) is 0.900. The number of nitrogens with one attached hydrogen (secondary N) is 1. The summed E-state index contributed by atoms with van der Waals surface area (Å²) in [5.41, 5.74) is 6.55. The summed E-state index contributed by atoms with van der Waals surface area (Å²) in [6.45, 7) is 2.22. The van der Waals surface area contributed by atoms with Gasteiger partial charge in [-0.25, -0.2) is 0 Å². The number of amides is 1. The average molecular weight is 264 g/mol. The van der Waals surface area contributed by atoms with Crippen LogP contribution in [-0.2, 0) is 16.0 Å². The monoisotopic (exact) mass is 264 g/mol. The fourth-order valence-electron chi connectivity index (χ4n) is 1.74. The molecule has 1 aromatic carbocycles. The molecule has 0 aliphatic heterocycles. The van der Waals surface area contributed by atoms with Crippen LogP contribution in [0.1, 0.15) is 18.9 Å². The Hall–Kier alpha value is -1.88. The molecule has 1 aromatic rings. The summed E-state index contributed by atoms with van der Waals surface area (Å²) in [5, 5.41) is 11.5. The van der Waals surface area contributed by atoms with Gasteiger partial charge in [0.1, 0.15) is 6.04 Å². The van der Waals surface area contributed by atoms with Crippen LogP contribution in [0.2, 0.25) is 0 Å². The maximum absolute atomic E-state index is 11.7. The third-order valence-corrected chi connectivity index (χ3v) is 2.93. The lowest BCUT2D eigenvalue weighted by Gasteiger charge is -2.14. The predicted molar refractivity (Wildman–Crippen MR) is 72.5 cm³/mol. The van der Waals surface area contributed by atoms with E-state index < -0.39 is 17.9 Å². The van der Waals surface area contributed by atoms with Crippen LogP contribution in [0.5, 0.6) is 0 Å². The van der Waals surface area contributed by atoms with E-state index in [0.717, 1.165) is 12.0 Å². The average Bonchev–Trinajstić information content (AvgIpc) is 2.39. The lowest BCUT2D eigenvalue weighted by Crippen LogP contribution is -2.37. The van der Waals surface area contributed by atoms with E-state index in [1.807, 2.05) is 30.3 Å². The van der Waals surface area contributed by atoms with Gasteiger partial charge in [0, 0.05) is 12.5 Å². The molecule has 1 unspecified atom stereocenters. The topological polar surface area (TPSA) is 92.4 Å². The van der Waals surface area contributed by atoms with Crippen molar-refractivity contribution in [1.29, 1.82) is 0 Å². The number of aliphatic carboxylic acids is 1. The zero-order chi connectivity index (χ0) is 14.3. The van der Waals surface area contributed by atoms with Crippen molar-refractivity contribution in [1.82, 2.24) is 5.32 Å². The van der Waals surface area contributed by atoms with Crippen LogP contribution in [0.25, 0.3) is 0 Å². The number of rotatable bonds is 7. The number of carbonyl (C=O) groups excluding carboxylic acids is 1. The minimum atomic E-state index is -1.08. The van der Waals surface area contributed by atoms with E-state index in [4.69, 9.17) is 10.8 Å². The molecule has 4 N–H and O–H groups in total. The molecular weight excluding hydrogens is 244 g/mol. The molecule has 0 aliphatic carbocycles. The van der Waals surface area contributed by atoms with Crippen LogP contribution in [0.4, 0.5) is 0 Å². The van der Waals surface area contributed by atoms with Gasteiger partial charge in [-0.15, -0.1) is 0 Å². The molecule has 0 bridgehead atoms. The molecule has 0 saturated heterocycles. The number of hydrogen-bond donors (Lipinski definition) is 3. The molecule has 2 atom stereocenters. The molecule has 1 rings (SSSR count). The van der Waals surface area contributed by atoms with Gasteiger partial charge in [0.25, 0.3) is 0 Å². The van der Waals surface area contributed by atoms with Gasteiger partial charge in [0.15, 0.2) is 0 Å². The highest BCUT2D eigenvalue weighted by Gasteiger charge is 2.20. The van der Waals surface area contributed by atoms with Gasteiger partial charge in [-0.05, 0) is 18.4 Å². The molecule has 0 spiro atoms. The zero-order valence-electron chi connectivity index (χ0n) is 11.0. The molecule has 5 nitrogen and oxygen atoms in total. The Balaban J connectivity index is 2.29. The van der Waals surface area contributed by atoms with Crippen LogP contribution >= 0.6 is 0 Å². The van der Waals surface area contributed by atoms with Crippen LogP contribution in [0.15, 0.2) is 30.3 Å². The summed E-state index contributed by atoms with van der Waals surface area (Å²) < 4.78 is 0. The smallest absolute Gasteiger partial charge is 0.320 e. The van der Waals surface area contributed by atoms with Crippen molar-refractivity contribution < 1.29 is 14.7 Å². The van der Waals surface area contributed by atoms with Crippen molar-refractivity contribution >= 4 is 11.9 Å². The van der Waals surface area contributed by atoms with Gasteiger partial charge >= 0.3 is 5.97 Å². The molecule has 104 valence electrons. The fourth-order valence-corrected chi connectivity index (χ4v) is 1.74. The Labute approximate surface area is 112 Å². The first kappa shape index (κ1) is 15.2. The first-order valence-corrected chi connectivity index (χ1v) is 6.30. The summed E-state index contributed by atoms with van der Waals surface area (Å²) in [4.78, 5) is 22.3. The highest BCUT2D eigenvalue weighted by atomic mass is 16.4. The van der Waals surface area contributed by atoms with Crippen LogP contribution < -0.4 is 11.1 Å². The first-order valence-electron chi connectivity index (χ1n) is 6.30. The number of carboxylic acid groups (broad SMARTS) is 1. The predicted octanol–water partition coefficient (Wildman–Crippen LogP) is 0.783. The van der Waals surface area contributed by atoms with Crippen molar-refractivity contribution in [2.45, 2.75) is 25.8 Å². The first-order chi connectivity index (χ1) is 9.00. The summed E-state index contributed by atoms with van der Waals surface area (Å²) in [7, 11) is 0. The van der Waals surface area contributed by atoms with Crippen LogP contribution in [-0.4, -0.2) is 29.6 Å². The van der Waals surface area contributed by atoms with Crippen LogP contribution in [0.3, 0.4) is 0 Å². The molecule has 0 radical (unpaired) electrons. The molecular formula is C14H20N2O3. The van der Waals surface area contributed by atoms with Gasteiger partial charge in [0.2, 0.25) is 5.91 Å². The maximum atomic E-state index is 11.7. The Morgan fingerprint density at radius 3 is 2.53 bits per heavy atom. The third-order valence-electron chi connectivity index (χ3n) is 2.93. The summed E-state index contributed by atoms with van der Waals surface area (Å²) in [6, 6.07) is 8.84. The minimum Gasteiger partial charge on any atom is -0.480 e. The lowest BCUT2D eigenvalue weighted by molar-refractivity contribution is -0.139. The van der Waals surface area contributed by atoms with Crippen molar-refractivity contribution in [2.24, 2.45) is 11.7 Å². The maximum Gasteiger partial charge on any atom is 0.320 e.